The Morgan fingerprint density at radius 1 is 1.00 bits per heavy atom. The summed E-state index contributed by atoms with van der Waals surface area (Å²) in [6, 6.07) is 13.4. The Labute approximate surface area is 149 Å². The van der Waals surface area contributed by atoms with Crippen molar-refractivity contribution in [1.82, 2.24) is 4.90 Å². The molecular weight excluding hydrogens is 336 g/mol. The first-order valence-corrected chi connectivity index (χ1v) is 9.70. The Morgan fingerprint density at radius 3 is 2.12 bits per heavy atom. The van der Waals surface area contributed by atoms with Gasteiger partial charge >= 0.3 is 0 Å². The standard InChI is InChI=1S/C19H24N2O3S/c1-5-21(6-2)19(22)16-12-13-18(15(3)14-16)20(4)25(23,24)17-10-8-7-9-11-17/h7-14H,5-6H2,1-4H3. The molecule has 5 nitrogen and oxygen atoms in total. The van der Waals surface area contributed by atoms with Crippen molar-refractivity contribution in [2.45, 2.75) is 25.7 Å². The fourth-order valence-corrected chi connectivity index (χ4v) is 4.00. The Morgan fingerprint density at radius 2 is 1.60 bits per heavy atom. The molecule has 0 aromatic heterocycles. The Bertz CT molecular complexity index is 844. The fraction of sp³-hybridized carbons (Fsp3) is 0.316. The first-order chi connectivity index (χ1) is 11.8. The van der Waals surface area contributed by atoms with Gasteiger partial charge in [-0.05, 0) is 56.7 Å². The molecule has 0 bridgehead atoms. The maximum absolute atomic E-state index is 12.8. The summed E-state index contributed by atoms with van der Waals surface area (Å²) >= 11 is 0. The lowest BCUT2D eigenvalue weighted by Crippen LogP contribution is -2.31. The lowest BCUT2D eigenvalue weighted by Gasteiger charge is -2.23. The van der Waals surface area contributed by atoms with Gasteiger partial charge < -0.3 is 4.90 Å². The van der Waals surface area contributed by atoms with Gasteiger partial charge in [-0.25, -0.2) is 8.42 Å². The summed E-state index contributed by atoms with van der Waals surface area (Å²) in [4.78, 5) is 14.4. The van der Waals surface area contributed by atoms with Gasteiger partial charge in [0.05, 0.1) is 10.6 Å². The van der Waals surface area contributed by atoms with E-state index >= 15 is 0 Å². The molecule has 0 N–H and O–H groups in total. The topological polar surface area (TPSA) is 57.7 Å². The number of aryl methyl sites for hydroxylation is 1. The van der Waals surface area contributed by atoms with Crippen molar-refractivity contribution < 1.29 is 13.2 Å². The van der Waals surface area contributed by atoms with Gasteiger partial charge in [0.25, 0.3) is 15.9 Å². The zero-order valence-electron chi connectivity index (χ0n) is 15.1. The van der Waals surface area contributed by atoms with E-state index in [-0.39, 0.29) is 10.8 Å². The summed E-state index contributed by atoms with van der Waals surface area (Å²) in [5.41, 5.74) is 1.86. The second kappa shape index (κ2) is 7.70. The van der Waals surface area contributed by atoms with Crippen LogP contribution in [0.3, 0.4) is 0 Å². The summed E-state index contributed by atoms with van der Waals surface area (Å²) in [5.74, 6) is -0.0479. The van der Waals surface area contributed by atoms with Crippen LogP contribution >= 0.6 is 0 Å². The van der Waals surface area contributed by atoms with Crippen LogP contribution in [0.2, 0.25) is 0 Å². The van der Waals surface area contributed by atoms with E-state index in [9.17, 15) is 13.2 Å². The van der Waals surface area contributed by atoms with Gasteiger partial charge in [-0.3, -0.25) is 9.10 Å². The van der Waals surface area contributed by atoms with E-state index in [0.29, 0.717) is 24.3 Å². The highest BCUT2D eigenvalue weighted by atomic mass is 32.2. The molecule has 0 fully saturated rings. The van der Waals surface area contributed by atoms with E-state index in [1.165, 1.54) is 11.4 Å². The van der Waals surface area contributed by atoms with Crippen molar-refractivity contribution in [1.29, 1.82) is 0 Å². The molecule has 0 heterocycles. The third-order valence-corrected chi connectivity index (χ3v) is 6.02. The number of nitrogens with zero attached hydrogens (tertiary/aromatic N) is 2. The van der Waals surface area contributed by atoms with Crippen LogP contribution in [0.5, 0.6) is 0 Å². The smallest absolute Gasteiger partial charge is 0.264 e. The number of anilines is 1. The molecule has 0 saturated carbocycles. The molecule has 0 aliphatic carbocycles. The molecule has 0 saturated heterocycles. The second-order valence-corrected chi connectivity index (χ2v) is 7.73. The van der Waals surface area contributed by atoms with Crippen molar-refractivity contribution in [3.63, 3.8) is 0 Å². The molecule has 2 aromatic carbocycles. The molecule has 6 heteroatoms. The Kier molecular flexibility index (Phi) is 5.85. The molecule has 2 rings (SSSR count). The van der Waals surface area contributed by atoms with Crippen molar-refractivity contribution in [2.75, 3.05) is 24.4 Å². The summed E-state index contributed by atoms with van der Waals surface area (Å²) < 4.78 is 26.8. The van der Waals surface area contributed by atoms with Gasteiger partial charge in [0, 0.05) is 25.7 Å². The van der Waals surface area contributed by atoms with Gasteiger partial charge in [-0.1, -0.05) is 18.2 Å². The third-order valence-electron chi connectivity index (χ3n) is 4.24. The van der Waals surface area contributed by atoms with E-state index in [1.807, 2.05) is 20.8 Å². The molecule has 0 unspecified atom stereocenters. The average molecular weight is 360 g/mol. The van der Waals surface area contributed by atoms with E-state index in [1.54, 1.807) is 53.4 Å². The zero-order valence-corrected chi connectivity index (χ0v) is 15.9. The van der Waals surface area contributed by atoms with Crippen LogP contribution in [0.25, 0.3) is 0 Å². The van der Waals surface area contributed by atoms with Crippen molar-refractivity contribution in [3.05, 3.63) is 59.7 Å². The monoisotopic (exact) mass is 360 g/mol. The molecule has 1 amide bonds. The van der Waals surface area contributed by atoms with E-state index in [2.05, 4.69) is 0 Å². The summed E-state index contributed by atoms with van der Waals surface area (Å²) in [7, 11) is -2.11. The number of benzene rings is 2. The first kappa shape index (κ1) is 19.0. The average Bonchev–Trinajstić information content (AvgIpc) is 2.62. The van der Waals surface area contributed by atoms with Crippen LogP contribution in [0.15, 0.2) is 53.4 Å². The van der Waals surface area contributed by atoms with E-state index in [0.717, 1.165) is 5.56 Å². The minimum Gasteiger partial charge on any atom is -0.339 e. The highest BCUT2D eigenvalue weighted by Gasteiger charge is 2.23. The van der Waals surface area contributed by atoms with Gasteiger partial charge in [0.1, 0.15) is 0 Å². The van der Waals surface area contributed by atoms with E-state index < -0.39 is 10.0 Å². The Hall–Kier alpha value is -2.34. The maximum Gasteiger partial charge on any atom is 0.264 e. The maximum atomic E-state index is 12.8. The largest absolute Gasteiger partial charge is 0.339 e. The number of amides is 1. The first-order valence-electron chi connectivity index (χ1n) is 8.26. The van der Waals surface area contributed by atoms with Crippen molar-refractivity contribution in [2.24, 2.45) is 0 Å². The summed E-state index contributed by atoms with van der Waals surface area (Å²) in [6.07, 6.45) is 0. The molecule has 25 heavy (non-hydrogen) atoms. The van der Waals surface area contributed by atoms with Crippen LogP contribution < -0.4 is 4.31 Å². The van der Waals surface area contributed by atoms with Crippen LogP contribution in [-0.4, -0.2) is 39.4 Å². The number of rotatable bonds is 6. The summed E-state index contributed by atoms with van der Waals surface area (Å²) in [5, 5.41) is 0. The molecule has 0 atom stereocenters. The number of sulfonamides is 1. The highest BCUT2D eigenvalue weighted by molar-refractivity contribution is 7.92. The van der Waals surface area contributed by atoms with Gasteiger partial charge in [0.2, 0.25) is 0 Å². The Balaban J connectivity index is 2.36. The summed E-state index contributed by atoms with van der Waals surface area (Å²) in [6.45, 7) is 6.95. The number of carbonyl (C=O) groups excluding carboxylic acids is 1. The molecule has 0 aliphatic rings. The third kappa shape index (κ3) is 3.85. The molecular formula is C19H24N2O3S. The number of carbonyl (C=O) groups is 1. The van der Waals surface area contributed by atoms with E-state index in [4.69, 9.17) is 0 Å². The minimum absolute atomic E-state index is 0.0479. The minimum atomic E-state index is -3.64. The highest BCUT2D eigenvalue weighted by Crippen LogP contribution is 2.26. The number of hydrogen-bond donors (Lipinski definition) is 0. The fourth-order valence-electron chi connectivity index (χ4n) is 2.72. The molecule has 0 radical (unpaired) electrons. The SMILES string of the molecule is CCN(CC)C(=O)c1ccc(N(C)S(=O)(=O)c2ccccc2)c(C)c1. The zero-order chi connectivity index (χ0) is 18.6. The number of hydrogen-bond acceptors (Lipinski definition) is 3. The van der Waals surface area contributed by atoms with Crippen LogP contribution in [0.1, 0.15) is 29.8 Å². The molecule has 0 aliphatic heterocycles. The second-order valence-electron chi connectivity index (χ2n) is 5.76. The quantitative estimate of drug-likeness (QED) is 0.794. The predicted molar refractivity (Wildman–Crippen MR) is 100 cm³/mol. The van der Waals surface area contributed by atoms with Crippen molar-refractivity contribution in [3.8, 4) is 0 Å². The molecule has 134 valence electrons. The van der Waals surface area contributed by atoms with Gasteiger partial charge in [-0.2, -0.15) is 0 Å². The lowest BCUT2D eigenvalue weighted by molar-refractivity contribution is 0.0773. The van der Waals surface area contributed by atoms with Crippen LogP contribution in [0, 0.1) is 6.92 Å². The van der Waals surface area contributed by atoms with Gasteiger partial charge in [0.15, 0.2) is 0 Å². The molecule has 0 spiro atoms. The van der Waals surface area contributed by atoms with Gasteiger partial charge in [-0.15, -0.1) is 0 Å². The van der Waals surface area contributed by atoms with Crippen LogP contribution in [-0.2, 0) is 10.0 Å². The normalized spacial score (nSPS) is 11.2. The predicted octanol–water partition coefficient (Wildman–Crippen LogP) is 3.30. The van der Waals surface area contributed by atoms with Crippen LogP contribution in [0.4, 0.5) is 5.69 Å². The van der Waals surface area contributed by atoms with Crippen molar-refractivity contribution >= 4 is 21.6 Å². The molecule has 2 aromatic rings. The lowest BCUT2D eigenvalue weighted by atomic mass is 10.1.